The van der Waals surface area contributed by atoms with Crippen LogP contribution in [0.15, 0.2) is 48.5 Å². The molecule has 0 fully saturated rings. The van der Waals surface area contributed by atoms with Gasteiger partial charge in [-0.05, 0) is 42.7 Å². The number of aryl methyl sites for hydroxylation is 1. The van der Waals surface area contributed by atoms with E-state index in [1.165, 1.54) is 6.07 Å². The van der Waals surface area contributed by atoms with Gasteiger partial charge in [-0.25, -0.2) is 9.18 Å². The fraction of sp³-hybridized carbons (Fsp3) is 0.316. The Hall–Kier alpha value is -2.60. The van der Waals surface area contributed by atoms with Crippen LogP contribution in [0.1, 0.15) is 11.1 Å². The van der Waals surface area contributed by atoms with E-state index < -0.39 is 12.1 Å². The topological polar surface area (TPSA) is 70.6 Å². The summed E-state index contributed by atoms with van der Waals surface area (Å²) in [6, 6.07) is 13.5. The van der Waals surface area contributed by atoms with Gasteiger partial charge < -0.3 is 20.5 Å². The molecule has 2 aromatic carbocycles. The van der Waals surface area contributed by atoms with Crippen LogP contribution < -0.4 is 15.4 Å². The van der Waals surface area contributed by atoms with Gasteiger partial charge in [-0.3, -0.25) is 0 Å². The van der Waals surface area contributed by atoms with Crippen molar-refractivity contribution < 1.29 is 19.0 Å². The van der Waals surface area contributed by atoms with Crippen molar-refractivity contribution in [2.75, 3.05) is 19.7 Å². The number of urea groups is 1. The van der Waals surface area contributed by atoms with Crippen molar-refractivity contribution in [2.24, 2.45) is 0 Å². The van der Waals surface area contributed by atoms with Crippen LogP contribution in [0, 0.1) is 12.7 Å². The number of aliphatic hydroxyl groups excluding tert-OH is 1. The Kier molecular flexibility index (Phi) is 7.22. The Balaban J connectivity index is 1.61. The number of amides is 2. The third kappa shape index (κ3) is 6.81. The van der Waals surface area contributed by atoms with Gasteiger partial charge in [0.1, 0.15) is 24.3 Å². The van der Waals surface area contributed by atoms with E-state index in [0.29, 0.717) is 24.3 Å². The van der Waals surface area contributed by atoms with Crippen molar-refractivity contribution >= 4 is 6.03 Å². The van der Waals surface area contributed by atoms with E-state index in [-0.39, 0.29) is 19.0 Å². The molecule has 25 heavy (non-hydrogen) atoms. The molecule has 6 heteroatoms. The zero-order valence-corrected chi connectivity index (χ0v) is 14.2. The minimum absolute atomic E-state index is 0.0668. The number of hydrogen-bond donors (Lipinski definition) is 3. The van der Waals surface area contributed by atoms with Crippen LogP contribution in [0.2, 0.25) is 0 Å². The number of carbonyl (C=O) groups is 1. The molecule has 0 aliphatic carbocycles. The van der Waals surface area contributed by atoms with E-state index in [4.69, 9.17) is 4.74 Å². The number of carbonyl (C=O) groups excluding carboxylic acids is 1. The summed E-state index contributed by atoms with van der Waals surface area (Å²) < 4.78 is 18.9. The third-order valence-electron chi connectivity index (χ3n) is 3.57. The lowest BCUT2D eigenvalue weighted by Crippen LogP contribution is -2.41. The summed E-state index contributed by atoms with van der Waals surface area (Å²) in [4.78, 5) is 11.7. The summed E-state index contributed by atoms with van der Waals surface area (Å²) >= 11 is 0. The number of aliphatic hydroxyl groups is 1. The minimum atomic E-state index is -0.821. The molecule has 1 unspecified atom stereocenters. The number of ether oxygens (including phenoxy) is 1. The molecule has 1 atom stereocenters. The summed E-state index contributed by atoms with van der Waals surface area (Å²) in [6.45, 7) is 2.41. The Bertz CT molecular complexity index is 694. The molecule has 2 rings (SSSR count). The van der Waals surface area contributed by atoms with Crippen LogP contribution in [0.4, 0.5) is 9.18 Å². The molecule has 0 heterocycles. The maximum atomic E-state index is 13.4. The van der Waals surface area contributed by atoms with Gasteiger partial charge >= 0.3 is 6.03 Å². The van der Waals surface area contributed by atoms with Gasteiger partial charge in [0.2, 0.25) is 0 Å². The smallest absolute Gasteiger partial charge is 0.314 e. The zero-order chi connectivity index (χ0) is 18.1. The number of nitrogens with one attached hydrogen (secondary N) is 2. The normalized spacial score (nSPS) is 11.6. The molecule has 0 spiro atoms. The average Bonchev–Trinajstić information content (AvgIpc) is 2.60. The van der Waals surface area contributed by atoms with Crippen molar-refractivity contribution in [1.29, 1.82) is 0 Å². The number of benzene rings is 2. The molecule has 0 aliphatic rings. The Morgan fingerprint density at radius 3 is 2.76 bits per heavy atom. The first kappa shape index (κ1) is 18.7. The molecule has 2 aromatic rings. The van der Waals surface area contributed by atoms with Crippen LogP contribution in [-0.2, 0) is 6.42 Å². The van der Waals surface area contributed by atoms with Gasteiger partial charge in [-0.15, -0.1) is 0 Å². The Labute approximate surface area is 146 Å². The molecule has 0 aliphatic heterocycles. The average molecular weight is 346 g/mol. The Morgan fingerprint density at radius 2 is 2.00 bits per heavy atom. The highest BCUT2D eigenvalue weighted by molar-refractivity contribution is 5.73. The van der Waals surface area contributed by atoms with Crippen LogP contribution in [0.25, 0.3) is 0 Å². The van der Waals surface area contributed by atoms with Crippen LogP contribution in [-0.4, -0.2) is 36.9 Å². The zero-order valence-electron chi connectivity index (χ0n) is 14.2. The lowest BCUT2D eigenvalue weighted by atomic mass is 10.1. The van der Waals surface area contributed by atoms with E-state index in [0.717, 1.165) is 5.56 Å². The first-order chi connectivity index (χ1) is 12.0. The first-order valence-electron chi connectivity index (χ1n) is 8.17. The predicted octanol–water partition coefficient (Wildman–Crippen LogP) is 2.42. The van der Waals surface area contributed by atoms with Gasteiger partial charge in [0, 0.05) is 13.1 Å². The van der Waals surface area contributed by atoms with Gasteiger partial charge in [0.25, 0.3) is 0 Å². The highest BCUT2D eigenvalue weighted by Gasteiger charge is 2.08. The van der Waals surface area contributed by atoms with Crippen molar-refractivity contribution in [1.82, 2.24) is 10.6 Å². The highest BCUT2D eigenvalue weighted by Crippen LogP contribution is 2.12. The summed E-state index contributed by atoms with van der Waals surface area (Å²) in [5, 5.41) is 15.0. The molecule has 0 radical (unpaired) electrons. The fourth-order valence-electron chi connectivity index (χ4n) is 2.24. The third-order valence-corrected chi connectivity index (χ3v) is 3.57. The lowest BCUT2D eigenvalue weighted by Gasteiger charge is -2.14. The second kappa shape index (κ2) is 9.64. The largest absolute Gasteiger partial charge is 0.491 e. The monoisotopic (exact) mass is 346 g/mol. The molecule has 5 nitrogen and oxygen atoms in total. The van der Waals surface area contributed by atoms with Gasteiger partial charge in [0.05, 0.1) is 0 Å². The molecular weight excluding hydrogens is 323 g/mol. The van der Waals surface area contributed by atoms with Gasteiger partial charge in [-0.2, -0.15) is 0 Å². The van der Waals surface area contributed by atoms with E-state index >= 15 is 0 Å². The van der Waals surface area contributed by atoms with Crippen LogP contribution in [0.3, 0.4) is 0 Å². The second-order valence-corrected chi connectivity index (χ2v) is 5.76. The van der Waals surface area contributed by atoms with E-state index in [9.17, 15) is 14.3 Å². The van der Waals surface area contributed by atoms with Gasteiger partial charge in [0.15, 0.2) is 0 Å². The minimum Gasteiger partial charge on any atom is -0.491 e. The summed E-state index contributed by atoms with van der Waals surface area (Å²) in [5.41, 5.74) is 1.62. The second-order valence-electron chi connectivity index (χ2n) is 5.76. The van der Waals surface area contributed by atoms with Crippen LogP contribution >= 0.6 is 0 Å². The summed E-state index contributed by atoms with van der Waals surface area (Å²) in [5.74, 6) is 0.391. The Morgan fingerprint density at radius 1 is 1.20 bits per heavy atom. The van der Waals surface area contributed by atoms with E-state index in [1.54, 1.807) is 18.2 Å². The molecule has 0 saturated carbocycles. The SMILES string of the molecule is Cc1cccc(OCC(O)CNC(=O)NCCc2ccccc2F)c1. The quantitative estimate of drug-likeness (QED) is 0.687. The summed E-state index contributed by atoms with van der Waals surface area (Å²) in [6.07, 6.45) is -0.420. The van der Waals surface area contributed by atoms with Crippen molar-refractivity contribution in [3.05, 3.63) is 65.5 Å². The maximum Gasteiger partial charge on any atom is 0.314 e. The number of halogens is 1. The molecule has 134 valence electrons. The number of rotatable bonds is 8. The van der Waals surface area contributed by atoms with Crippen molar-refractivity contribution in [3.8, 4) is 5.75 Å². The fourth-order valence-corrected chi connectivity index (χ4v) is 2.24. The molecular formula is C19H23FN2O3. The van der Waals surface area contributed by atoms with Crippen molar-refractivity contribution in [3.63, 3.8) is 0 Å². The lowest BCUT2D eigenvalue weighted by molar-refractivity contribution is 0.108. The molecule has 0 aromatic heterocycles. The summed E-state index contributed by atoms with van der Waals surface area (Å²) in [7, 11) is 0. The highest BCUT2D eigenvalue weighted by atomic mass is 19.1. The molecule has 0 saturated heterocycles. The number of hydrogen-bond acceptors (Lipinski definition) is 3. The van der Waals surface area contributed by atoms with Crippen LogP contribution in [0.5, 0.6) is 5.75 Å². The predicted molar refractivity (Wildman–Crippen MR) is 94.2 cm³/mol. The maximum absolute atomic E-state index is 13.4. The molecule has 3 N–H and O–H groups in total. The molecule has 2 amide bonds. The van der Waals surface area contributed by atoms with E-state index in [1.807, 2.05) is 31.2 Å². The molecule has 0 bridgehead atoms. The van der Waals surface area contributed by atoms with Crippen molar-refractivity contribution in [2.45, 2.75) is 19.4 Å². The first-order valence-corrected chi connectivity index (χ1v) is 8.17. The standard InChI is InChI=1S/C19H23FN2O3/c1-14-5-4-7-17(11-14)25-13-16(23)12-22-19(24)21-10-9-15-6-2-3-8-18(15)20/h2-8,11,16,23H,9-10,12-13H2,1H3,(H2,21,22,24). The van der Waals surface area contributed by atoms with E-state index in [2.05, 4.69) is 10.6 Å². The van der Waals surface area contributed by atoms with Gasteiger partial charge in [-0.1, -0.05) is 30.3 Å².